The van der Waals surface area contributed by atoms with E-state index in [2.05, 4.69) is 24.9 Å². The highest BCUT2D eigenvalue weighted by Gasteiger charge is 2.37. The highest BCUT2D eigenvalue weighted by atomic mass is 32.2. The van der Waals surface area contributed by atoms with E-state index in [9.17, 15) is 8.42 Å². The van der Waals surface area contributed by atoms with E-state index in [0.717, 1.165) is 5.56 Å². The molecule has 0 fully saturated rings. The SMILES string of the molecule is COC[C@H]1COc2c(OC)cccc2-c2nnc(NS(=O)(=O)[C@@H](C)[C@@H](OC(C)C)c3ncc(C)cn3)n21. The number of ether oxygens (including phenoxy) is 4. The molecule has 12 nitrogen and oxygen atoms in total. The van der Waals surface area contributed by atoms with Gasteiger partial charge in [0.15, 0.2) is 23.1 Å². The van der Waals surface area contributed by atoms with Gasteiger partial charge in [-0.3, -0.25) is 9.29 Å². The quantitative estimate of drug-likeness (QED) is 0.414. The summed E-state index contributed by atoms with van der Waals surface area (Å²) in [5, 5.41) is 7.45. The van der Waals surface area contributed by atoms with Crippen LogP contribution in [0.4, 0.5) is 5.95 Å². The molecule has 0 aliphatic carbocycles. The number of aryl methyl sites for hydroxylation is 1. The van der Waals surface area contributed by atoms with Crippen LogP contribution >= 0.6 is 0 Å². The van der Waals surface area contributed by atoms with Gasteiger partial charge < -0.3 is 18.9 Å². The second-order valence-electron chi connectivity index (χ2n) is 9.05. The van der Waals surface area contributed by atoms with Crippen molar-refractivity contribution >= 4 is 16.0 Å². The summed E-state index contributed by atoms with van der Waals surface area (Å²) in [6.45, 7) is 7.48. The molecule has 37 heavy (non-hydrogen) atoms. The summed E-state index contributed by atoms with van der Waals surface area (Å²) in [6, 6.07) is 4.99. The summed E-state index contributed by atoms with van der Waals surface area (Å²) in [5.41, 5.74) is 1.48. The number of hydrogen-bond donors (Lipinski definition) is 1. The average molecular weight is 533 g/mol. The van der Waals surface area contributed by atoms with Crippen LogP contribution in [-0.2, 0) is 19.5 Å². The Morgan fingerprint density at radius 2 is 1.89 bits per heavy atom. The maximum absolute atomic E-state index is 13.6. The molecule has 0 bridgehead atoms. The fraction of sp³-hybridized carbons (Fsp3) is 0.500. The number of nitrogens with zero attached hydrogens (tertiary/aromatic N) is 5. The highest BCUT2D eigenvalue weighted by molar-refractivity contribution is 7.93. The van der Waals surface area contributed by atoms with E-state index in [1.54, 1.807) is 50.2 Å². The lowest BCUT2D eigenvalue weighted by Crippen LogP contribution is -2.35. The second kappa shape index (κ2) is 11.0. The molecule has 13 heteroatoms. The van der Waals surface area contributed by atoms with Gasteiger partial charge >= 0.3 is 0 Å². The molecule has 3 heterocycles. The minimum absolute atomic E-state index is 0.0382. The van der Waals surface area contributed by atoms with Gasteiger partial charge in [-0.05, 0) is 45.4 Å². The molecule has 0 unspecified atom stereocenters. The number of fused-ring (bicyclic) bond motifs is 3. The summed E-state index contributed by atoms with van der Waals surface area (Å²) in [6.07, 6.45) is 2.09. The number of benzene rings is 1. The molecular formula is C24H32N6O6S. The van der Waals surface area contributed by atoms with Crippen LogP contribution < -0.4 is 14.2 Å². The zero-order chi connectivity index (χ0) is 26.7. The smallest absolute Gasteiger partial charge is 0.240 e. The maximum Gasteiger partial charge on any atom is 0.240 e. The van der Waals surface area contributed by atoms with Crippen molar-refractivity contribution in [3.05, 3.63) is 42.0 Å². The maximum atomic E-state index is 13.6. The Kier molecular flexibility index (Phi) is 7.95. The first-order valence-corrected chi connectivity index (χ1v) is 13.4. The first-order chi connectivity index (χ1) is 17.7. The van der Waals surface area contributed by atoms with Crippen molar-refractivity contribution in [2.45, 2.75) is 51.2 Å². The van der Waals surface area contributed by atoms with Gasteiger partial charge in [0, 0.05) is 19.5 Å². The predicted octanol–water partition coefficient (Wildman–Crippen LogP) is 2.93. The number of anilines is 1. The Morgan fingerprint density at radius 3 is 2.54 bits per heavy atom. The third kappa shape index (κ3) is 5.53. The first kappa shape index (κ1) is 26.8. The van der Waals surface area contributed by atoms with Crippen LogP contribution in [0.3, 0.4) is 0 Å². The minimum atomic E-state index is -4.04. The molecule has 0 saturated heterocycles. The van der Waals surface area contributed by atoms with Crippen molar-refractivity contribution in [1.82, 2.24) is 24.7 Å². The number of aromatic nitrogens is 5. The number of sulfonamides is 1. The zero-order valence-corrected chi connectivity index (χ0v) is 22.5. The van der Waals surface area contributed by atoms with E-state index < -0.39 is 27.4 Å². The molecular weight excluding hydrogens is 500 g/mol. The summed E-state index contributed by atoms with van der Waals surface area (Å²) < 4.78 is 54.4. The van der Waals surface area contributed by atoms with Crippen molar-refractivity contribution in [1.29, 1.82) is 0 Å². The Hall–Kier alpha value is -3.29. The van der Waals surface area contributed by atoms with Gasteiger partial charge in [0.25, 0.3) is 0 Å². The van der Waals surface area contributed by atoms with Crippen LogP contribution in [0.15, 0.2) is 30.6 Å². The first-order valence-electron chi connectivity index (χ1n) is 11.9. The van der Waals surface area contributed by atoms with Crippen LogP contribution in [-0.4, -0.2) is 71.9 Å². The molecule has 1 aromatic carbocycles. The molecule has 200 valence electrons. The minimum Gasteiger partial charge on any atom is -0.493 e. The van der Waals surface area contributed by atoms with E-state index in [1.807, 2.05) is 26.8 Å². The Balaban J connectivity index is 1.73. The van der Waals surface area contributed by atoms with Crippen LogP contribution in [0, 0.1) is 6.92 Å². The zero-order valence-electron chi connectivity index (χ0n) is 21.7. The molecule has 0 amide bonds. The fourth-order valence-corrected chi connectivity index (χ4v) is 5.16. The van der Waals surface area contributed by atoms with Gasteiger partial charge in [-0.15, -0.1) is 10.2 Å². The second-order valence-corrected chi connectivity index (χ2v) is 11.1. The number of nitrogens with one attached hydrogen (secondary N) is 1. The molecule has 3 aromatic rings. The van der Waals surface area contributed by atoms with Gasteiger partial charge in [0.2, 0.25) is 16.0 Å². The Bertz CT molecular complexity index is 1330. The van der Waals surface area contributed by atoms with Gasteiger partial charge in [-0.1, -0.05) is 6.07 Å². The largest absolute Gasteiger partial charge is 0.493 e. The third-order valence-corrected chi connectivity index (χ3v) is 7.60. The molecule has 1 N–H and O–H groups in total. The van der Waals surface area contributed by atoms with Gasteiger partial charge in [-0.25, -0.2) is 18.4 Å². The van der Waals surface area contributed by atoms with Gasteiger partial charge in [-0.2, -0.15) is 0 Å². The lowest BCUT2D eigenvalue weighted by molar-refractivity contribution is 0.00152. The number of rotatable bonds is 10. The molecule has 4 rings (SSSR count). The van der Waals surface area contributed by atoms with Gasteiger partial charge in [0.05, 0.1) is 31.4 Å². The van der Waals surface area contributed by atoms with E-state index in [4.69, 9.17) is 18.9 Å². The Labute approximate surface area is 216 Å². The van der Waals surface area contributed by atoms with Crippen molar-refractivity contribution in [2.75, 3.05) is 32.2 Å². The van der Waals surface area contributed by atoms with E-state index >= 15 is 0 Å². The summed E-state index contributed by atoms with van der Waals surface area (Å²) >= 11 is 0. The van der Waals surface area contributed by atoms with Crippen molar-refractivity contribution in [3.8, 4) is 22.9 Å². The lowest BCUT2D eigenvalue weighted by Gasteiger charge is -2.26. The van der Waals surface area contributed by atoms with Crippen LogP contribution in [0.25, 0.3) is 11.4 Å². The summed E-state index contributed by atoms with van der Waals surface area (Å²) in [7, 11) is -0.934. The topological polar surface area (TPSA) is 140 Å². The highest BCUT2D eigenvalue weighted by Crippen LogP contribution is 2.42. The summed E-state index contributed by atoms with van der Waals surface area (Å²) in [4.78, 5) is 8.63. The number of hydrogen-bond acceptors (Lipinski definition) is 10. The molecule has 0 spiro atoms. The van der Waals surface area contributed by atoms with Crippen LogP contribution in [0.5, 0.6) is 11.5 Å². The molecule has 1 aliphatic rings. The van der Waals surface area contributed by atoms with Crippen LogP contribution in [0.1, 0.15) is 44.3 Å². The molecule has 0 saturated carbocycles. The predicted molar refractivity (Wildman–Crippen MR) is 136 cm³/mol. The Morgan fingerprint density at radius 1 is 1.16 bits per heavy atom. The van der Waals surface area contributed by atoms with Crippen molar-refractivity contribution in [3.63, 3.8) is 0 Å². The lowest BCUT2D eigenvalue weighted by atomic mass is 10.1. The van der Waals surface area contributed by atoms with Crippen molar-refractivity contribution < 1.29 is 27.4 Å². The molecule has 1 aliphatic heterocycles. The third-order valence-electron chi connectivity index (χ3n) is 5.90. The normalized spacial score (nSPS) is 16.8. The average Bonchev–Trinajstić information content (AvgIpc) is 3.19. The molecule has 0 radical (unpaired) electrons. The summed E-state index contributed by atoms with van der Waals surface area (Å²) in [5.74, 6) is 1.78. The molecule has 3 atom stereocenters. The number of para-hydroxylation sites is 1. The van der Waals surface area contributed by atoms with E-state index in [1.165, 1.54) is 0 Å². The van der Waals surface area contributed by atoms with Crippen molar-refractivity contribution in [2.24, 2.45) is 0 Å². The van der Waals surface area contributed by atoms with E-state index in [-0.39, 0.29) is 31.1 Å². The van der Waals surface area contributed by atoms with Gasteiger partial charge in [0.1, 0.15) is 18.0 Å². The van der Waals surface area contributed by atoms with Crippen LogP contribution in [0.2, 0.25) is 0 Å². The monoisotopic (exact) mass is 532 g/mol. The van der Waals surface area contributed by atoms with E-state index in [0.29, 0.717) is 22.9 Å². The standard InChI is InChI=1S/C24H32N6O6S/c1-14(2)36-20(22-25-10-15(3)11-26-22)16(4)37(31,32)29-24-28-27-23-18-8-7-9-19(34-6)21(18)35-13-17(12-33-5)30(23)24/h7-11,14,16-17,20H,12-13H2,1-6H3,(H,28,29)/t16-,17-,20+/m0/s1. The molecule has 2 aromatic heterocycles. The number of methoxy groups -OCH3 is 2. The fourth-order valence-electron chi connectivity index (χ4n) is 4.07.